The van der Waals surface area contributed by atoms with Gasteiger partial charge in [0, 0.05) is 0 Å². The summed E-state index contributed by atoms with van der Waals surface area (Å²) < 4.78 is 25.7. The Morgan fingerprint density at radius 1 is 1.06 bits per heavy atom. The molecular weight excluding hydrogens is 471 g/mol. The average molecular weight is 494 g/mol. The molecule has 12 heteroatoms. The standard InChI is InChI=1S/C24H23FN6O5/c25-16-5-1-15(2-6-16)11-35-17-7-3-14(4-8-17)9-29-30-22-19-23(27-12-26-22)31(13-28-19)24-21(34)20(33)18(10-32)36-24/h1-9,12-13,18,20-21,24,32-34H,10-11H2,(H,26,27,30)/b29-9+. The molecule has 36 heavy (non-hydrogen) atoms. The van der Waals surface area contributed by atoms with Crippen LogP contribution in [-0.2, 0) is 11.3 Å². The van der Waals surface area contributed by atoms with Gasteiger partial charge in [-0.1, -0.05) is 12.1 Å². The minimum Gasteiger partial charge on any atom is -0.489 e. The van der Waals surface area contributed by atoms with E-state index in [1.54, 1.807) is 30.5 Å². The average Bonchev–Trinajstić information content (AvgIpc) is 3.45. The molecule has 0 radical (unpaired) electrons. The summed E-state index contributed by atoms with van der Waals surface area (Å²) in [6.07, 6.45) is -0.0384. The van der Waals surface area contributed by atoms with Crippen molar-refractivity contribution in [1.82, 2.24) is 19.5 Å². The molecule has 4 N–H and O–H groups in total. The highest BCUT2D eigenvalue weighted by molar-refractivity contribution is 5.84. The number of halogens is 1. The van der Waals surface area contributed by atoms with E-state index in [1.165, 1.54) is 29.4 Å². The van der Waals surface area contributed by atoms with E-state index in [0.717, 1.165) is 11.1 Å². The number of ether oxygens (including phenoxy) is 2. The lowest BCUT2D eigenvalue weighted by molar-refractivity contribution is -0.0511. The van der Waals surface area contributed by atoms with Crippen LogP contribution in [0.4, 0.5) is 10.2 Å². The molecule has 5 rings (SSSR count). The van der Waals surface area contributed by atoms with Crippen molar-refractivity contribution in [1.29, 1.82) is 0 Å². The maximum Gasteiger partial charge on any atom is 0.177 e. The minimum atomic E-state index is -1.26. The lowest BCUT2D eigenvalue weighted by Gasteiger charge is -2.16. The molecule has 186 valence electrons. The number of aliphatic hydroxyl groups excluding tert-OH is 3. The number of nitrogens with one attached hydrogen (secondary N) is 1. The zero-order chi connectivity index (χ0) is 25.1. The number of aromatic nitrogens is 4. The first kappa shape index (κ1) is 23.8. The summed E-state index contributed by atoms with van der Waals surface area (Å²) in [7, 11) is 0. The number of hydrogen-bond acceptors (Lipinski definition) is 10. The summed E-state index contributed by atoms with van der Waals surface area (Å²) in [5, 5.41) is 33.9. The molecule has 0 spiro atoms. The quantitative estimate of drug-likeness (QED) is 0.212. The lowest BCUT2D eigenvalue weighted by Crippen LogP contribution is -2.33. The van der Waals surface area contributed by atoms with Gasteiger partial charge in [0.05, 0.1) is 19.1 Å². The summed E-state index contributed by atoms with van der Waals surface area (Å²) >= 11 is 0. The van der Waals surface area contributed by atoms with Gasteiger partial charge in [0.2, 0.25) is 0 Å². The maximum atomic E-state index is 13.0. The second kappa shape index (κ2) is 10.3. The van der Waals surface area contributed by atoms with Crippen molar-refractivity contribution < 1.29 is 29.2 Å². The van der Waals surface area contributed by atoms with Crippen LogP contribution in [0, 0.1) is 5.82 Å². The fourth-order valence-corrected chi connectivity index (χ4v) is 3.80. The van der Waals surface area contributed by atoms with Crippen molar-refractivity contribution in [3.63, 3.8) is 0 Å². The van der Waals surface area contributed by atoms with Gasteiger partial charge in [-0.15, -0.1) is 0 Å². The van der Waals surface area contributed by atoms with Gasteiger partial charge in [0.1, 0.15) is 42.8 Å². The van der Waals surface area contributed by atoms with Crippen LogP contribution in [0.3, 0.4) is 0 Å². The van der Waals surface area contributed by atoms with E-state index in [0.29, 0.717) is 29.3 Å². The predicted molar refractivity (Wildman–Crippen MR) is 127 cm³/mol. The van der Waals surface area contributed by atoms with Gasteiger partial charge < -0.3 is 24.8 Å². The van der Waals surface area contributed by atoms with Crippen molar-refractivity contribution >= 4 is 23.2 Å². The number of anilines is 1. The van der Waals surface area contributed by atoms with Crippen LogP contribution in [0.2, 0.25) is 0 Å². The zero-order valence-electron chi connectivity index (χ0n) is 18.8. The van der Waals surface area contributed by atoms with E-state index in [9.17, 15) is 19.7 Å². The highest BCUT2D eigenvalue weighted by Gasteiger charge is 2.44. The van der Waals surface area contributed by atoms with Crippen molar-refractivity contribution in [2.45, 2.75) is 31.1 Å². The van der Waals surface area contributed by atoms with Crippen LogP contribution >= 0.6 is 0 Å². The van der Waals surface area contributed by atoms with E-state index in [2.05, 4.69) is 25.5 Å². The number of hydrazone groups is 1. The molecule has 1 aliphatic heterocycles. The zero-order valence-corrected chi connectivity index (χ0v) is 18.8. The first-order valence-electron chi connectivity index (χ1n) is 11.1. The molecule has 1 fully saturated rings. The Morgan fingerprint density at radius 3 is 2.56 bits per heavy atom. The van der Waals surface area contributed by atoms with Gasteiger partial charge in [-0.2, -0.15) is 5.10 Å². The summed E-state index contributed by atoms with van der Waals surface area (Å²) in [6, 6.07) is 13.4. The Bertz CT molecular complexity index is 1350. The Labute approximate surface area is 204 Å². The van der Waals surface area contributed by atoms with Crippen LogP contribution < -0.4 is 10.2 Å². The Morgan fingerprint density at radius 2 is 1.83 bits per heavy atom. The van der Waals surface area contributed by atoms with Gasteiger partial charge in [-0.25, -0.2) is 19.3 Å². The van der Waals surface area contributed by atoms with Crippen molar-refractivity contribution in [2.75, 3.05) is 12.0 Å². The third-order valence-corrected chi connectivity index (χ3v) is 5.73. The van der Waals surface area contributed by atoms with Crippen LogP contribution in [-0.4, -0.2) is 66.0 Å². The minimum absolute atomic E-state index is 0.287. The topological polar surface area (TPSA) is 147 Å². The molecule has 0 bridgehead atoms. The number of imidazole rings is 1. The van der Waals surface area contributed by atoms with E-state index in [1.807, 2.05) is 12.1 Å². The monoisotopic (exact) mass is 494 g/mol. The predicted octanol–water partition coefficient (Wildman–Crippen LogP) is 1.60. The summed E-state index contributed by atoms with van der Waals surface area (Å²) in [5.74, 6) is 0.711. The van der Waals surface area contributed by atoms with Crippen molar-refractivity contribution in [3.05, 3.63) is 78.1 Å². The summed E-state index contributed by atoms with van der Waals surface area (Å²) in [4.78, 5) is 12.7. The van der Waals surface area contributed by atoms with E-state index in [4.69, 9.17) is 9.47 Å². The van der Waals surface area contributed by atoms with E-state index in [-0.39, 0.29) is 5.82 Å². The Hall–Kier alpha value is -3.97. The third kappa shape index (κ3) is 4.88. The lowest BCUT2D eigenvalue weighted by atomic mass is 10.1. The number of aliphatic hydroxyl groups is 3. The van der Waals surface area contributed by atoms with E-state index >= 15 is 0 Å². The molecule has 0 amide bonds. The maximum absolute atomic E-state index is 13.0. The summed E-state index contributed by atoms with van der Waals surface area (Å²) in [6.45, 7) is -0.104. The molecule has 0 saturated carbocycles. The fourth-order valence-electron chi connectivity index (χ4n) is 3.80. The molecule has 4 unspecified atom stereocenters. The first-order valence-corrected chi connectivity index (χ1v) is 11.1. The first-order chi connectivity index (χ1) is 17.5. The van der Waals surface area contributed by atoms with E-state index < -0.39 is 31.1 Å². The summed E-state index contributed by atoms with van der Waals surface area (Å²) in [5.41, 5.74) is 5.25. The number of nitrogens with zero attached hydrogens (tertiary/aromatic N) is 5. The third-order valence-electron chi connectivity index (χ3n) is 5.73. The second-order valence-corrected chi connectivity index (χ2v) is 8.13. The van der Waals surface area contributed by atoms with Crippen LogP contribution in [0.5, 0.6) is 5.75 Å². The Balaban J connectivity index is 1.23. The normalized spacial score (nSPS) is 21.9. The highest BCUT2D eigenvalue weighted by atomic mass is 19.1. The number of fused-ring (bicyclic) bond motifs is 1. The van der Waals surface area contributed by atoms with Gasteiger partial charge in [-0.3, -0.25) is 9.99 Å². The molecule has 4 aromatic rings. The molecule has 2 aromatic carbocycles. The Kier molecular flexibility index (Phi) is 6.82. The number of benzene rings is 2. The smallest absolute Gasteiger partial charge is 0.177 e. The number of rotatable bonds is 8. The molecule has 3 heterocycles. The van der Waals surface area contributed by atoms with Gasteiger partial charge in [-0.05, 0) is 47.5 Å². The second-order valence-electron chi connectivity index (χ2n) is 8.13. The van der Waals surface area contributed by atoms with Gasteiger partial charge >= 0.3 is 0 Å². The fraction of sp³-hybridized carbons (Fsp3) is 0.250. The van der Waals surface area contributed by atoms with Crippen LogP contribution in [0.1, 0.15) is 17.4 Å². The molecule has 2 aromatic heterocycles. The van der Waals surface area contributed by atoms with Crippen molar-refractivity contribution in [3.8, 4) is 5.75 Å². The van der Waals surface area contributed by atoms with Crippen LogP contribution in [0.25, 0.3) is 11.2 Å². The molecule has 1 aliphatic rings. The van der Waals surface area contributed by atoms with Crippen LogP contribution in [0.15, 0.2) is 66.3 Å². The molecule has 4 atom stereocenters. The molecule has 0 aliphatic carbocycles. The van der Waals surface area contributed by atoms with Gasteiger partial charge in [0.15, 0.2) is 23.2 Å². The molecule has 1 saturated heterocycles. The largest absolute Gasteiger partial charge is 0.489 e. The SMILES string of the molecule is OCC1OC(n2cnc3c(N/N=C/c4ccc(OCc5ccc(F)cc5)cc4)ncnc32)C(O)C1O. The van der Waals surface area contributed by atoms with Crippen molar-refractivity contribution in [2.24, 2.45) is 5.10 Å². The number of hydrogen-bond donors (Lipinski definition) is 4. The highest BCUT2D eigenvalue weighted by Crippen LogP contribution is 2.32. The molecule has 11 nitrogen and oxygen atoms in total. The van der Waals surface area contributed by atoms with Gasteiger partial charge in [0.25, 0.3) is 0 Å². The molecular formula is C24H23FN6O5.